The van der Waals surface area contributed by atoms with Crippen molar-refractivity contribution in [1.82, 2.24) is 4.90 Å². The van der Waals surface area contributed by atoms with E-state index in [0.29, 0.717) is 31.1 Å². The molecule has 7 unspecified atom stereocenters. The van der Waals surface area contributed by atoms with Crippen LogP contribution in [-0.2, 0) is 34.0 Å². The van der Waals surface area contributed by atoms with Crippen molar-refractivity contribution in [2.45, 2.75) is 95.3 Å². The highest BCUT2D eigenvalue weighted by Gasteiger charge is 2.72. The Morgan fingerprint density at radius 2 is 1.58 bits per heavy atom. The van der Waals surface area contributed by atoms with Gasteiger partial charge in [0.05, 0.1) is 23.3 Å². The predicted octanol–water partition coefficient (Wildman–Crippen LogP) is 3.03. The number of halogens is 2. The topological polar surface area (TPSA) is 127 Å². The summed E-state index contributed by atoms with van der Waals surface area (Å²) in [5.74, 6) is -2.98. The normalized spacial score (nSPS) is 43.7. The van der Waals surface area contributed by atoms with Gasteiger partial charge in [-0.1, -0.05) is 0 Å². The molecule has 0 radical (unpaired) electrons. The quantitative estimate of drug-likeness (QED) is 0.373. The van der Waals surface area contributed by atoms with E-state index in [1.165, 1.54) is 0 Å². The molecular weight excluding hydrogens is 524 g/mol. The zero-order valence-corrected chi connectivity index (χ0v) is 22.5. The van der Waals surface area contributed by atoms with E-state index in [1.54, 1.807) is 4.90 Å². The van der Waals surface area contributed by atoms with Gasteiger partial charge in [0.2, 0.25) is 5.91 Å². The summed E-state index contributed by atoms with van der Waals surface area (Å²) in [6.45, 7) is 4.37. The Labute approximate surface area is 220 Å². The van der Waals surface area contributed by atoms with Crippen molar-refractivity contribution in [2.75, 3.05) is 0 Å². The summed E-state index contributed by atoms with van der Waals surface area (Å²) in [4.78, 5) is 42.2. The van der Waals surface area contributed by atoms with Gasteiger partial charge >= 0.3 is 27.3 Å². The molecule has 12 heteroatoms. The molecule has 0 aromatic heterocycles. The van der Waals surface area contributed by atoms with Crippen molar-refractivity contribution in [2.24, 2.45) is 46.8 Å². The van der Waals surface area contributed by atoms with Gasteiger partial charge in [-0.25, -0.2) is 0 Å². The van der Waals surface area contributed by atoms with Crippen LogP contribution in [0.25, 0.3) is 0 Å². The summed E-state index contributed by atoms with van der Waals surface area (Å²) in [7, 11) is -5.83. The molecule has 1 N–H and O–H groups in total. The van der Waals surface area contributed by atoms with Crippen LogP contribution < -0.4 is 0 Å². The molecule has 1 aliphatic heterocycles. The molecule has 7 fully saturated rings. The van der Waals surface area contributed by atoms with Crippen molar-refractivity contribution in [3.63, 3.8) is 0 Å². The fraction of sp³-hybridized carbons (Fsp3) is 0.885. The van der Waals surface area contributed by atoms with Gasteiger partial charge in [-0.05, 0) is 89.4 Å². The van der Waals surface area contributed by atoms with Gasteiger partial charge in [-0.2, -0.15) is 17.2 Å². The lowest BCUT2D eigenvalue weighted by Crippen LogP contribution is -2.54. The van der Waals surface area contributed by atoms with Crippen LogP contribution in [0.1, 0.15) is 65.7 Å². The molecule has 1 saturated heterocycles. The van der Waals surface area contributed by atoms with Crippen molar-refractivity contribution < 1.29 is 45.6 Å². The van der Waals surface area contributed by atoms with E-state index >= 15 is 0 Å². The Bertz CT molecular complexity index is 1140. The molecule has 0 aromatic rings. The number of fused-ring (bicyclic) bond motifs is 1. The second kappa shape index (κ2) is 8.34. The molecule has 6 aliphatic carbocycles. The van der Waals surface area contributed by atoms with Gasteiger partial charge in [0, 0.05) is 12.0 Å². The van der Waals surface area contributed by atoms with Gasteiger partial charge in [0.25, 0.3) is 0 Å². The minimum atomic E-state index is -5.83. The molecule has 0 spiro atoms. The predicted molar refractivity (Wildman–Crippen MR) is 127 cm³/mol. The number of alkyl halides is 2. The monoisotopic (exact) mass is 559 g/mol. The summed E-state index contributed by atoms with van der Waals surface area (Å²) in [6.07, 6.45) is 3.03. The van der Waals surface area contributed by atoms with Crippen molar-refractivity contribution >= 4 is 28.0 Å². The first-order valence-electron chi connectivity index (χ1n) is 13.7. The third-order valence-corrected chi connectivity index (χ3v) is 11.6. The number of ether oxygens (including phenoxy) is 2. The van der Waals surface area contributed by atoms with E-state index in [9.17, 15) is 31.6 Å². The molecule has 7 aliphatic rings. The number of likely N-dealkylation sites (tertiary alicyclic amines) is 1. The highest BCUT2D eigenvalue weighted by molar-refractivity contribution is 7.86. The van der Waals surface area contributed by atoms with Crippen LogP contribution in [0.2, 0.25) is 0 Å². The minimum absolute atomic E-state index is 0.225. The van der Waals surface area contributed by atoms with Crippen LogP contribution in [0.4, 0.5) is 8.78 Å². The lowest BCUT2D eigenvalue weighted by atomic mass is 9.49. The van der Waals surface area contributed by atoms with Crippen LogP contribution in [0.3, 0.4) is 0 Å². The standard InChI is InChI=1S/C26H35F2NO8S/c1-11(2)29-20-16-7-17(19(18(16)22(29)30)23(31)36-12(3)26(27,28)38(33,34)35)21(20)37-24(32)25-8-13-4-14(9-25)6-15(5-13)10-25/h11-21H,4-10H2,1-3H3,(H,33,34,35). The maximum atomic E-state index is 14.1. The average molecular weight is 560 g/mol. The summed E-state index contributed by atoms with van der Waals surface area (Å²) in [6, 6.07) is -0.617. The highest BCUT2D eigenvalue weighted by Crippen LogP contribution is 2.63. The van der Waals surface area contributed by atoms with E-state index in [1.807, 2.05) is 13.8 Å². The molecule has 38 heavy (non-hydrogen) atoms. The number of hydrogen-bond acceptors (Lipinski definition) is 7. The zero-order chi connectivity index (χ0) is 27.5. The molecule has 1 amide bonds. The lowest BCUT2D eigenvalue weighted by Gasteiger charge is -2.55. The Morgan fingerprint density at radius 1 is 1.03 bits per heavy atom. The van der Waals surface area contributed by atoms with E-state index < -0.39 is 62.8 Å². The van der Waals surface area contributed by atoms with Crippen LogP contribution in [0.5, 0.6) is 0 Å². The third-order valence-electron chi connectivity index (χ3n) is 10.6. The zero-order valence-electron chi connectivity index (χ0n) is 21.7. The van der Waals surface area contributed by atoms with Crippen molar-refractivity contribution in [3.05, 3.63) is 0 Å². The SMILES string of the molecule is CC(C)N1C(=O)C2C3CC(C(OC(=O)C45CC6CC(CC(C6)C4)C5)C31)C2C(=O)OC(C)C(F)(F)S(=O)(=O)O. The molecule has 7 rings (SSSR count). The van der Waals surface area contributed by atoms with Crippen molar-refractivity contribution in [1.29, 1.82) is 0 Å². The van der Waals surface area contributed by atoms with Crippen LogP contribution in [0, 0.1) is 46.8 Å². The molecule has 9 nitrogen and oxygen atoms in total. The van der Waals surface area contributed by atoms with Crippen molar-refractivity contribution in [3.8, 4) is 0 Å². The van der Waals surface area contributed by atoms with Gasteiger partial charge in [-0.15, -0.1) is 0 Å². The first-order chi connectivity index (χ1) is 17.6. The van der Waals surface area contributed by atoms with Gasteiger partial charge < -0.3 is 14.4 Å². The molecule has 212 valence electrons. The summed E-state index contributed by atoms with van der Waals surface area (Å²) in [5.41, 5.74) is -0.538. The Morgan fingerprint density at radius 3 is 2.08 bits per heavy atom. The largest absolute Gasteiger partial charge is 0.459 e. The number of carbonyl (C=O) groups excluding carboxylic acids is 3. The lowest BCUT2D eigenvalue weighted by molar-refractivity contribution is -0.187. The average Bonchev–Trinajstić information content (AvgIpc) is 3.40. The maximum absolute atomic E-state index is 14.1. The number of rotatable bonds is 7. The highest BCUT2D eigenvalue weighted by atomic mass is 32.2. The summed E-state index contributed by atoms with van der Waals surface area (Å²) >= 11 is 0. The van der Waals surface area contributed by atoms with Crippen LogP contribution in [0.15, 0.2) is 0 Å². The summed E-state index contributed by atoms with van der Waals surface area (Å²) < 4.78 is 70.7. The van der Waals surface area contributed by atoms with Gasteiger partial charge in [0.1, 0.15) is 6.10 Å². The molecule has 6 bridgehead atoms. The number of nitrogens with zero attached hydrogens (tertiary/aromatic N) is 1. The fourth-order valence-electron chi connectivity index (χ4n) is 9.57. The molecule has 7 atom stereocenters. The number of carbonyl (C=O) groups is 3. The molecular formula is C26H35F2NO8S. The second-order valence-corrected chi connectivity index (χ2v) is 14.6. The second-order valence-electron chi connectivity index (χ2n) is 13.1. The molecule has 1 heterocycles. The van der Waals surface area contributed by atoms with E-state index in [4.69, 9.17) is 14.0 Å². The Hall–Kier alpha value is -1.82. The van der Waals surface area contributed by atoms with E-state index in [2.05, 4.69) is 0 Å². The third kappa shape index (κ3) is 3.60. The van der Waals surface area contributed by atoms with E-state index in [0.717, 1.165) is 38.5 Å². The first-order valence-corrected chi connectivity index (χ1v) is 15.2. The van der Waals surface area contributed by atoms with E-state index in [-0.39, 0.29) is 23.8 Å². The molecule has 6 saturated carbocycles. The van der Waals surface area contributed by atoms with Gasteiger partial charge in [0.15, 0.2) is 6.10 Å². The van der Waals surface area contributed by atoms with Crippen LogP contribution in [-0.4, -0.2) is 65.3 Å². The Kier molecular flexibility index (Phi) is 5.80. The molecule has 0 aromatic carbocycles. The maximum Gasteiger partial charge on any atom is 0.405 e. The number of hydrogen-bond donors (Lipinski definition) is 1. The minimum Gasteiger partial charge on any atom is -0.459 e. The number of amides is 1. The number of esters is 2. The smallest absolute Gasteiger partial charge is 0.405 e. The summed E-state index contributed by atoms with van der Waals surface area (Å²) in [5, 5.41) is -4.71. The first kappa shape index (κ1) is 26.4. The fourth-order valence-corrected chi connectivity index (χ4v) is 10.0. The van der Waals surface area contributed by atoms with Gasteiger partial charge in [-0.3, -0.25) is 18.9 Å². The van der Waals surface area contributed by atoms with Crippen LogP contribution >= 0.6 is 0 Å². The Balaban J connectivity index is 1.27.